The number of carbonyl (C=O) groups is 3. The third-order valence-corrected chi connectivity index (χ3v) is 5.43. The van der Waals surface area contributed by atoms with Crippen molar-refractivity contribution in [2.75, 3.05) is 11.9 Å². The van der Waals surface area contributed by atoms with Crippen LogP contribution in [-0.2, 0) is 17.6 Å². The first kappa shape index (κ1) is 18.4. The fourth-order valence-electron chi connectivity index (χ4n) is 2.83. The van der Waals surface area contributed by atoms with Crippen molar-refractivity contribution in [3.8, 4) is 0 Å². The molecule has 3 amide bonds. The van der Waals surface area contributed by atoms with Crippen LogP contribution in [0, 0.1) is 0 Å². The van der Waals surface area contributed by atoms with Gasteiger partial charge in [-0.05, 0) is 56.0 Å². The van der Waals surface area contributed by atoms with Crippen LogP contribution < -0.4 is 10.6 Å². The molecule has 0 saturated heterocycles. The number of nitrogens with one attached hydrogen (secondary N) is 2. The lowest BCUT2D eigenvalue weighted by atomic mass is 10.1. The summed E-state index contributed by atoms with van der Waals surface area (Å²) in [5.74, 6) is -0.902. The topological polar surface area (TPSA) is 84.5 Å². The smallest absolute Gasteiger partial charge is 0.414 e. The number of benzene rings is 1. The molecule has 1 heterocycles. The van der Waals surface area contributed by atoms with Crippen LogP contribution in [0.3, 0.4) is 0 Å². The molecular formula is C18H17ClN2O4S. The van der Waals surface area contributed by atoms with Crippen molar-refractivity contribution in [1.82, 2.24) is 5.32 Å². The van der Waals surface area contributed by atoms with Crippen LogP contribution in [-0.4, -0.2) is 24.5 Å². The van der Waals surface area contributed by atoms with E-state index in [1.54, 1.807) is 31.2 Å². The lowest BCUT2D eigenvalue weighted by Gasteiger charge is -2.09. The molecule has 1 aliphatic carbocycles. The van der Waals surface area contributed by atoms with Gasteiger partial charge in [-0.2, -0.15) is 0 Å². The first-order valence-electron chi connectivity index (χ1n) is 8.19. The second-order valence-corrected chi connectivity index (χ2v) is 7.24. The standard InChI is InChI=1S/C18H17ClN2O4S/c1-2-25-18(24)21-16(23)14-12-4-3-5-13(12)26-17(14)20-15(22)10-6-8-11(19)9-7-10/h6-9H,2-5H2,1H3,(H,20,22)(H,21,23,24). The molecule has 136 valence electrons. The number of halogens is 1. The summed E-state index contributed by atoms with van der Waals surface area (Å²) in [6.45, 7) is 1.82. The van der Waals surface area contributed by atoms with Gasteiger partial charge in [0.1, 0.15) is 5.00 Å². The van der Waals surface area contributed by atoms with Gasteiger partial charge >= 0.3 is 6.09 Å². The number of hydrogen-bond donors (Lipinski definition) is 2. The Labute approximate surface area is 159 Å². The van der Waals surface area contributed by atoms with Gasteiger partial charge in [-0.25, -0.2) is 4.79 Å². The van der Waals surface area contributed by atoms with Crippen LogP contribution >= 0.6 is 22.9 Å². The number of fused-ring (bicyclic) bond motifs is 1. The Morgan fingerprint density at radius 1 is 1.15 bits per heavy atom. The van der Waals surface area contributed by atoms with Crippen LogP contribution in [0.25, 0.3) is 0 Å². The maximum atomic E-state index is 12.6. The highest BCUT2D eigenvalue weighted by Crippen LogP contribution is 2.39. The van der Waals surface area contributed by atoms with Gasteiger partial charge in [-0.15, -0.1) is 11.3 Å². The fourth-order valence-corrected chi connectivity index (χ4v) is 4.24. The third kappa shape index (κ3) is 3.89. The summed E-state index contributed by atoms with van der Waals surface area (Å²) in [6.07, 6.45) is 1.75. The highest BCUT2D eigenvalue weighted by Gasteiger charge is 2.28. The van der Waals surface area contributed by atoms with E-state index in [0.29, 0.717) is 21.2 Å². The highest BCUT2D eigenvalue weighted by molar-refractivity contribution is 7.17. The summed E-state index contributed by atoms with van der Waals surface area (Å²) in [6, 6.07) is 6.47. The number of carbonyl (C=O) groups excluding carboxylic acids is 3. The van der Waals surface area contributed by atoms with E-state index < -0.39 is 12.0 Å². The van der Waals surface area contributed by atoms with E-state index in [0.717, 1.165) is 29.7 Å². The molecule has 1 aromatic carbocycles. The number of ether oxygens (including phenoxy) is 1. The van der Waals surface area contributed by atoms with E-state index in [9.17, 15) is 14.4 Å². The van der Waals surface area contributed by atoms with Crippen LogP contribution in [0.2, 0.25) is 5.02 Å². The Morgan fingerprint density at radius 2 is 1.88 bits per heavy atom. The van der Waals surface area contributed by atoms with Crippen LogP contribution in [0.5, 0.6) is 0 Å². The van der Waals surface area contributed by atoms with Gasteiger partial charge in [-0.3, -0.25) is 14.9 Å². The maximum absolute atomic E-state index is 12.6. The van der Waals surface area contributed by atoms with Crippen LogP contribution in [0.15, 0.2) is 24.3 Å². The number of aryl methyl sites for hydroxylation is 1. The van der Waals surface area contributed by atoms with Gasteiger partial charge in [0.2, 0.25) is 0 Å². The molecule has 0 spiro atoms. The monoisotopic (exact) mass is 392 g/mol. The van der Waals surface area contributed by atoms with E-state index >= 15 is 0 Å². The van der Waals surface area contributed by atoms with Gasteiger partial charge in [0, 0.05) is 15.5 Å². The van der Waals surface area contributed by atoms with Crippen molar-refractivity contribution in [2.24, 2.45) is 0 Å². The molecule has 26 heavy (non-hydrogen) atoms. The Bertz CT molecular complexity index is 861. The molecule has 2 aromatic rings. The lowest BCUT2D eigenvalue weighted by molar-refractivity contribution is 0.0925. The average molecular weight is 393 g/mol. The minimum Gasteiger partial charge on any atom is -0.450 e. The fraction of sp³-hybridized carbons (Fsp3) is 0.278. The van der Waals surface area contributed by atoms with Crippen molar-refractivity contribution >= 4 is 45.8 Å². The number of imide groups is 1. The Hall–Kier alpha value is -2.38. The summed E-state index contributed by atoms with van der Waals surface area (Å²) in [4.78, 5) is 37.7. The number of rotatable bonds is 4. The second kappa shape index (κ2) is 7.88. The third-order valence-electron chi connectivity index (χ3n) is 3.97. The van der Waals surface area contributed by atoms with Crippen LogP contribution in [0.4, 0.5) is 9.80 Å². The summed E-state index contributed by atoms with van der Waals surface area (Å²) in [5, 5.41) is 5.97. The molecule has 2 N–H and O–H groups in total. The van der Waals surface area contributed by atoms with Crippen molar-refractivity contribution in [3.05, 3.63) is 50.9 Å². The maximum Gasteiger partial charge on any atom is 0.414 e. The van der Waals surface area contributed by atoms with Crippen molar-refractivity contribution < 1.29 is 19.1 Å². The normalized spacial score (nSPS) is 12.4. The van der Waals surface area contributed by atoms with E-state index in [4.69, 9.17) is 16.3 Å². The average Bonchev–Trinajstić information content (AvgIpc) is 3.15. The minimum absolute atomic E-state index is 0.168. The number of thiophene rings is 1. The van der Waals surface area contributed by atoms with Crippen molar-refractivity contribution in [1.29, 1.82) is 0 Å². The molecule has 1 aliphatic rings. The zero-order valence-electron chi connectivity index (χ0n) is 14.1. The second-order valence-electron chi connectivity index (χ2n) is 5.70. The zero-order valence-corrected chi connectivity index (χ0v) is 15.6. The molecular weight excluding hydrogens is 376 g/mol. The van der Waals surface area contributed by atoms with E-state index in [1.807, 2.05) is 0 Å². The Balaban J connectivity index is 1.85. The molecule has 3 rings (SSSR count). The predicted octanol–water partition coefficient (Wildman–Crippen LogP) is 4.03. The van der Waals surface area contributed by atoms with Gasteiger partial charge < -0.3 is 10.1 Å². The highest BCUT2D eigenvalue weighted by atomic mass is 35.5. The van der Waals surface area contributed by atoms with Gasteiger partial charge in [0.25, 0.3) is 11.8 Å². The molecule has 0 saturated carbocycles. The predicted molar refractivity (Wildman–Crippen MR) is 100 cm³/mol. The summed E-state index contributed by atoms with van der Waals surface area (Å²) in [7, 11) is 0. The molecule has 0 fully saturated rings. The molecule has 0 aliphatic heterocycles. The first-order valence-corrected chi connectivity index (χ1v) is 9.38. The zero-order chi connectivity index (χ0) is 18.7. The molecule has 0 unspecified atom stereocenters. The van der Waals surface area contributed by atoms with Gasteiger partial charge in [-0.1, -0.05) is 11.6 Å². The molecule has 0 radical (unpaired) electrons. The number of hydrogen-bond acceptors (Lipinski definition) is 5. The largest absolute Gasteiger partial charge is 0.450 e. The molecule has 0 bridgehead atoms. The van der Waals surface area contributed by atoms with Crippen LogP contribution in [0.1, 0.15) is 44.5 Å². The summed E-state index contributed by atoms with van der Waals surface area (Å²) < 4.78 is 4.76. The molecule has 1 aromatic heterocycles. The SMILES string of the molecule is CCOC(=O)NC(=O)c1c(NC(=O)c2ccc(Cl)cc2)sc2c1CCC2. The minimum atomic E-state index is -0.801. The molecule has 8 heteroatoms. The first-order chi connectivity index (χ1) is 12.5. The lowest BCUT2D eigenvalue weighted by Crippen LogP contribution is -2.32. The number of anilines is 1. The Morgan fingerprint density at radius 3 is 2.58 bits per heavy atom. The van der Waals surface area contributed by atoms with E-state index in [-0.39, 0.29) is 12.5 Å². The van der Waals surface area contributed by atoms with Gasteiger partial charge in [0.05, 0.1) is 12.2 Å². The number of amides is 3. The summed E-state index contributed by atoms with van der Waals surface area (Å²) in [5.41, 5.74) is 1.67. The van der Waals surface area contributed by atoms with E-state index in [2.05, 4.69) is 10.6 Å². The van der Waals surface area contributed by atoms with Crippen molar-refractivity contribution in [2.45, 2.75) is 26.2 Å². The van der Waals surface area contributed by atoms with E-state index in [1.165, 1.54) is 11.3 Å². The quantitative estimate of drug-likeness (QED) is 0.822. The number of alkyl carbamates (subject to hydrolysis) is 1. The molecule has 0 atom stereocenters. The molecule has 6 nitrogen and oxygen atoms in total. The Kier molecular flexibility index (Phi) is 5.58. The van der Waals surface area contributed by atoms with Gasteiger partial charge in [0.15, 0.2) is 0 Å². The summed E-state index contributed by atoms with van der Waals surface area (Å²) >= 11 is 7.21. The van der Waals surface area contributed by atoms with Crippen molar-refractivity contribution in [3.63, 3.8) is 0 Å².